The SMILES string of the molecule is NC1c2ccc(/C=C/C(c3cc(Cl)c(F)c(Cl)c3)C(F)(F)F)cc2CC1F. The van der Waals surface area contributed by atoms with Gasteiger partial charge in [-0.25, -0.2) is 8.78 Å². The summed E-state index contributed by atoms with van der Waals surface area (Å²) in [5, 5.41) is -0.971. The van der Waals surface area contributed by atoms with Gasteiger partial charge < -0.3 is 5.73 Å². The highest BCUT2D eigenvalue weighted by Crippen LogP contribution is 2.39. The van der Waals surface area contributed by atoms with Gasteiger partial charge in [0.2, 0.25) is 0 Å². The molecule has 0 heterocycles. The maximum atomic E-state index is 13.7. The van der Waals surface area contributed by atoms with Gasteiger partial charge in [-0.1, -0.05) is 53.6 Å². The van der Waals surface area contributed by atoms with E-state index in [4.69, 9.17) is 28.9 Å². The Kier molecular flexibility index (Phi) is 5.52. The first-order valence-corrected chi connectivity index (χ1v) is 8.75. The van der Waals surface area contributed by atoms with Crippen LogP contribution in [0, 0.1) is 5.82 Å². The van der Waals surface area contributed by atoms with Gasteiger partial charge in [0.25, 0.3) is 0 Å². The van der Waals surface area contributed by atoms with E-state index in [2.05, 4.69) is 0 Å². The maximum absolute atomic E-state index is 13.7. The number of nitrogens with two attached hydrogens (primary N) is 1. The summed E-state index contributed by atoms with van der Waals surface area (Å²) in [4.78, 5) is 0. The Morgan fingerprint density at radius 3 is 2.33 bits per heavy atom. The molecule has 1 nitrogen and oxygen atoms in total. The molecule has 3 unspecified atom stereocenters. The molecule has 0 bridgehead atoms. The van der Waals surface area contributed by atoms with Gasteiger partial charge in [-0.15, -0.1) is 0 Å². The van der Waals surface area contributed by atoms with Gasteiger partial charge in [-0.05, 0) is 34.4 Å². The molecule has 0 radical (unpaired) electrons. The van der Waals surface area contributed by atoms with Gasteiger partial charge in [-0.3, -0.25) is 0 Å². The summed E-state index contributed by atoms with van der Waals surface area (Å²) in [6, 6.07) is 5.90. The second-order valence-corrected chi connectivity index (χ2v) is 7.20. The Hall–Kier alpha value is -1.63. The van der Waals surface area contributed by atoms with Crippen LogP contribution in [0.25, 0.3) is 6.08 Å². The van der Waals surface area contributed by atoms with Crippen LogP contribution in [-0.4, -0.2) is 12.3 Å². The number of hydrogen-bond donors (Lipinski definition) is 1. The molecule has 2 N–H and O–H groups in total. The molecule has 3 rings (SSSR count). The van der Waals surface area contributed by atoms with Crippen LogP contribution in [0.15, 0.2) is 36.4 Å². The smallest absolute Gasteiger partial charge is 0.322 e. The fraction of sp³-hybridized carbons (Fsp3) is 0.263. The third kappa shape index (κ3) is 4.13. The number of allylic oxidation sites excluding steroid dienone is 1. The van der Waals surface area contributed by atoms with Crippen molar-refractivity contribution in [1.29, 1.82) is 0 Å². The molecule has 0 fully saturated rings. The highest BCUT2D eigenvalue weighted by Gasteiger charge is 2.39. The van der Waals surface area contributed by atoms with Crippen LogP contribution < -0.4 is 5.73 Å². The summed E-state index contributed by atoms with van der Waals surface area (Å²) in [6.07, 6.45) is -3.50. The van der Waals surface area contributed by atoms with Crippen LogP contribution in [0.4, 0.5) is 22.0 Å². The number of halogens is 7. The molecule has 1 aliphatic carbocycles. The average molecular weight is 422 g/mol. The van der Waals surface area contributed by atoms with E-state index in [1.165, 1.54) is 6.08 Å². The summed E-state index contributed by atoms with van der Waals surface area (Å²) in [5.74, 6) is -3.00. The van der Waals surface area contributed by atoms with Gasteiger partial charge in [0.15, 0.2) is 5.82 Å². The van der Waals surface area contributed by atoms with Gasteiger partial charge in [0, 0.05) is 6.42 Å². The van der Waals surface area contributed by atoms with E-state index in [-0.39, 0.29) is 12.0 Å². The molecule has 0 amide bonds. The standard InChI is InChI=1S/C19H14Cl2F5N/c20-14-6-11(7-15(21)17(14)23)13(19(24,25)26)4-2-9-1-3-12-10(5-9)8-16(22)18(12)27/h1-7,13,16,18H,8,27H2/b4-2+. The van der Waals surface area contributed by atoms with E-state index in [9.17, 15) is 22.0 Å². The zero-order valence-corrected chi connectivity index (χ0v) is 15.2. The minimum absolute atomic E-state index is 0.129. The van der Waals surface area contributed by atoms with E-state index in [0.29, 0.717) is 16.7 Å². The second-order valence-electron chi connectivity index (χ2n) is 6.38. The lowest BCUT2D eigenvalue weighted by Gasteiger charge is -2.18. The van der Waals surface area contributed by atoms with E-state index < -0.39 is 40.2 Å². The number of hydrogen-bond acceptors (Lipinski definition) is 1. The Morgan fingerprint density at radius 1 is 1.11 bits per heavy atom. The van der Waals surface area contributed by atoms with Crippen LogP contribution in [-0.2, 0) is 6.42 Å². The summed E-state index contributed by atoms with van der Waals surface area (Å²) >= 11 is 11.2. The maximum Gasteiger partial charge on any atom is 0.399 e. The van der Waals surface area contributed by atoms with Crippen molar-refractivity contribution in [3.05, 3.63) is 74.5 Å². The molecule has 1 aliphatic rings. The first kappa shape index (κ1) is 20.1. The van der Waals surface area contributed by atoms with E-state index in [0.717, 1.165) is 18.2 Å². The first-order valence-electron chi connectivity index (χ1n) is 7.99. The zero-order chi connectivity index (χ0) is 19.9. The fourth-order valence-electron chi connectivity index (χ4n) is 3.13. The van der Waals surface area contributed by atoms with E-state index in [1.54, 1.807) is 18.2 Å². The molecule has 3 atom stereocenters. The van der Waals surface area contributed by atoms with Crippen LogP contribution in [0.1, 0.15) is 34.2 Å². The largest absolute Gasteiger partial charge is 0.399 e. The van der Waals surface area contributed by atoms with Gasteiger partial charge in [0.1, 0.15) is 6.17 Å². The van der Waals surface area contributed by atoms with Crippen LogP contribution in [0.5, 0.6) is 0 Å². The van der Waals surface area contributed by atoms with Crippen molar-refractivity contribution in [2.24, 2.45) is 5.73 Å². The monoisotopic (exact) mass is 421 g/mol. The lowest BCUT2D eigenvalue weighted by atomic mass is 9.96. The molecule has 2 aromatic rings. The quantitative estimate of drug-likeness (QED) is 0.451. The van der Waals surface area contributed by atoms with Gasteiger partial charge in [-0.2, -0.15) is 13.2 Å². The van der Waals surface area contributed by atoms with Crippen molar-refractivity contribution in [1.82, 2.24) is 0 Å². The zero-order valence-electron chi connectivity index (χ0n) is 13.7. The summed E-state index contributed by atoms with van der Waals surface area (Å²) in [5.41, 5.74) is 7.27. The van der Waals surface area contributed by atoms with Crippen molar-refractivity contribution < 1.29 is 22.0 Å². The van der Waals surface area contributed by atoms with E-state index >= 15 is 0 Å². The summed E-state index contributed by atoms with van der Waals surface area (Å²) < 4.78 is 67.7. The van der Waals surface area contributed by atoms with Crippen LogP contribution in [0.3, 0.4) is 0 Å². The van der Waals surface area contributed by atoms with Crippen LogP contribution >= 0.6 is 23.2 Å². The topological polar surface area (TPSA) is 26.0 Å². The lowest BCUT2D eigenvalue weighted by molar-refractivity contribution is -0.139. The molecule has 0 aromatic heterocycles. The predicted octanol–water partition coefficient (Wildman–Crippen LogP) is 6.39. The van der Waals surface area contributed by atoms with Crippen molar-refractivity contribution >= 4 is 29.3 Å². The molecule has 27 heavy (non-hydrogen) atoms. The van der Waals surface area contributed by atoms with Crippen molar-refractivity contribution in [3.8, 4) is 0 Å². The van der Waals surface area contributed by atoms with Gasteiger partial charge in [0.05, 0.1) is 22.0 Å². The molecule has 2 aromatic carbocycles. The van der Waals surface area contributed by atoms with Crippen molar-refractivity contribution in [2.45, 2.75) is 30.7 Å². The second kappa shape index (κ2) is 7.41. The first-order chi connectivity index (χ1) is 12.6. The molecule has 0 spiro atoms. The molecule has 0 aliphatic heterocycles. The minimum atomic E-state index is -4.63. The Morgan fingerprint density at radius 2 is 1.74 bits per heavy atom. The van der Waals surface area contributed by atoms with E-state index in [1.807, 2.05) is 0 Å². The normalized spacial score (nSPS) is 20.9. The van der Waals surface area contributed by atoms with Crippen molar-refractivity contribution in [3.63, 3.8) is 0 Å². The number of rotatable bonds is 3. The number of alkyl halides is 4. The third-order valence-electron chi connectivity index (χ3n) is 4.53. The van der Waals surface area contributed by atoms with Crippen LogP contribution in [0.2, 0.25) is 10.0 Å². The summed E-state index contributed by atoms with van der Waals surface area (Å²) in [6.45, 7) is 0. The average Bonchev–Trinajstić information content (AvgIpc) is 2.85. The third-order valence-corrected chi connectivity index (χ3v) is 5.08. The molecular formula is C19H14Cl2F5N. The van der Waals surface area contributed by atoms with Gasteiger partial charge >= 0.3 is 6.18 Å². The number of fused-ring (bicyclic) bond motifs is 1. The Labute approximate surface area is 162 Å². The number of benzene rings is 2. The lowest BCUT2D eigenvalue weighted by Crippen LogP contribution is -2.19. The highest BCUT2D eigenvalue weighted by molar-refractivity contribution is 6.35. The molecule has 144 valence electrons. The molecule has 8 heteroatoms. The molecular weight excluding hydrogens is 408 g/mol. The Balaban J connectivity index is 1.94. The predicted molar refractivity (Wildman–Crippen MR) is 96.2 cm³/mol. The Bertz CT molecular complexity index is 871. The molecule has 0 saturated carbocycles. The fourth-order valence-corrected chi connectivity index (χ4v) is 3.64. The molecule has 0 saturated heterocycles. The summed E-state index contributed by atoms with van der Waals surface area (Å²) in [7, 11) is 0. The highest BCUT2D eigenvalue weighted by atomic mass is 35.5. The minimum Gasteiger partial charge on any atom is -0.322 e. The van der Waals surface area contributed by atoms with Crippen molar-refractivity contribution in [2.75, 3.05) is 0 Å².